The maximum atomic E-state index is 13.2. The highest BCUT2D eigenvalue weighted by atomic mass is 19.1. The first kappa shape index (κ1) is 10.8. The third kappa shape index (κ3) is 1.65. The van der Waals surface area contributed by atoms with Crippen LogP contribution in [0.2, 0.25) is 0 Å². The van der Waals surface area contributed by atoms with Crippen LogP contribution in [0.25, 0.3) is 0 Å². The molecule has 1 aliphatic carbocycles. The summed E-state index contributed by atoms with van der Waals surface area (Å²) in [5.74, 6) is 0.501. The summed E-state index contributed by atoms with van der Waals surface area (Å²) in [6.07, 6.45) is 3.37. The number of carbonyl (C=O) groups is 1. The Balaban J connectivity index is 1.99. The standard InChI is InChI=1S/C14H16FNO/c1-16-13-6-2-9-8-10(15)3-4-11(9)12(13)5-7-14(16)17/h3-4,8,12-13H,2,5-7H2,1H3. The van der Waals surface area contributed by atoms with Crippen molar-refractivity contribution in [1.82, 2.24) is 4.90 Å². The van der Waals surface area contributed by atoms with Gasteiger partial charge in [-0.05, 0) is 42.5 Å². The summed E-state index contributed by atoms with van der Waals surface area (Å²) in [5.41, 5.74) is 2.39. The molecule has 1 aromatic carbocycles. The number of hydrogen-bond acceptors (Lipinski definition) is 1. The van der Waals surface area contributed by atoms with Crippen LogP contribution in [0.5, 0.6) is 0 Å². The third-order valence-electron chi connectivity index (χ3n) is 4.24. The van der Waals surface area contributed by atoms with Gasteiger partial charge in [0.15, 0.2) is 0 Å². The lowest BCUT2D eigenvalue weighted by atomic mass is 9.74. The number of halogens is 1. The average molecular weight is 233 g/mol. The first-order valence-electron chi connectivity index (χ1n) is 6.21. The minimum Gasteiger partial charge on any atom is -0.342 e. The van der Waals surface area contributed by atoms with Crippen molar-refractivity contribution in [3.63, 3.8) is 0 Å². The van der Waals surface area contributed by atoms with E-state index >= 15 is 0 Å². The molecular weight excluding hydrogens is 217 g/mol. The third-order valence-corrected chi connectivity index (χ3v) is 4.24. The molecule has 2 aliphatic rings. The molecule has 1 amide bonds. The lowest BCUT2D eigenvalue weighted by Gasteiger charge is -2.43. The molecular formula is C14H16FNO. The van der Waals surface area contributed by atoms with E-state index in [0.717, 1.165) is 24.8 Å². The van der Waals surface area contributed by atoms with Gasteiger partial charge in [0.2, 0.25) is 5.91 Å². The van der Waals surface area contributed by atoms with Gasteiger partial charge >= 0.3 is 0 Å². The van der Waals surface area contributed by atoms with Gasteiger partial charge in [0, 0.05) is 25.4 Å². The molecule has 90 valence electrons. The molecule has 0 N–H and O–H groups in total. The number of benzene rings is 1. The van der Waals surface area contributed by atoms with E-state index in [1.54, 1.807) is 6.07 Å². The van der Waals surface area contributed by atoms with Crippen LogP contribution in [0.1, 0.15) is 36.3 Å². The number of nitrogens with zero attached hydrogens (tertiary/aromatic N) is 1. The minimum atomic E-state index is -0.151. The molecule has 0 bridgehead atoms. The molecule has 0 saturated carbocycles. The molecule has 0 spiro atoms. The zero-order valence-electron chi connectivity index (χ0n) is 9.95. The average Bonchev–Trinajstić information content (AvgIpc) is 2.33. The van der Waals surface area contributed by atoms with Crippen LogP contribution in [0.3, 0.4) is 0 Å². The predicted molar refractivity (Wildman–Crippen MR) is 63.3 cm³/mol. The number of likely N-dealkylation sites (tertiary alicyclic amines) is 1. The van der Waals surface area contributed by atoms with Crippen molar-refractivity contribution in [3.8, 4) is 0 Å². The first-order valence-corrected chi connectivity index (χ1v) is 6.21. The Kier molecular flexibility index (Phi) is 2.42. The van der Waals surface area contributed by atoms with Gasteiger partial charge in [-0.1, -0.05) is 6.07 Å². The Morgan fingerprint density at radius 3 is 2.94 bits per heavy atom. The molecule has 17 heavy (non-hydrogen) atoms. The zero-order chi connectivity index (χ0) is 12.0. The van der Waals surface area contributed by atoms with Gasteiger partial charge in [-0.3, -0.25) is 4.79 Å². The normalized spacial score (nSPS) is 27.6. The number of aryl methyl sites for hydroxylation is 1. The smallest absolute Gasteiger partial charge is 0.222 e. The van der Waals surface area contributed by atoms with E-state index in [2.05, 4.69) is 0 Å². The van der Waals surface area contributed by atoms with E-state index in [0.29, 0.717) is 18.4 Å². The Labute approximate surface area is 100 Å². The quantitative estimate of drug-likeness (QED) is 0.674. The molecule has 3 heteroatoms. The molecule has 1 saturated heterocycles. The number of piperidine rings is 1. The van der Waals surface area contributed by atoms with Crippen molar-refractivity contribution >= 4 is 5.91 Å². The molecule has 1 heterocycles. The summed E-state index contributed by atoms with van der Waals surface area (Å²) in [5, 5.41) is 0. The van der Waals surface area contributed by atoms with Gasteiger partial charge in [-0.25, -0.2) is 4.39 Å². The molecule has 2 atom stereocenters. The Hall–Kier alpha value is -1.38. The van der Waals surface area contributed by atoms with E-state index in [-0.39, 0.29) is 11.7 Å². The van der Waals surface area contributed by atoms with Gasteiger partial charge in [0.05, 0.1) is 0 Å². The van der Waals surface area contributed by atoms with Crippen molar-refractivity contribution in [3.05, 3.63) is 35.1 Å². The number of carbonyl (C=O) groups excluding carboxylic acids is 1. The maximum absolute atomic E-state index is 13.2. The lowest BCUT2D eigenvalue weighted by molar-refractivity contribution is -0.135. The lowest BCUT2D eigenvalue weighted by Crippen LogP contribution is -2.47. The topological polar surface area (TPSA) is 20.3 Å². The number of amides is 1. The number of hydrogen-bond donors (Lipinski definition) is 0. The van der Waals surface area contributed by atoms with Gasteiger partial charge in [-0.2, -0.15) is 0 Å². The van der Waals surface area contributed by atoms with Gasteiger partial charge in [0.1, 0.15) is 5.82 Å². The van der Waals surface area contributed by atoms with Crippen LogP contribution >= 0.6 is 0 Å². The van der Waals surface area contributed by atoms with Crippen molar-refractivity contribution in [2.75, 3.05) is 7.05 Å². The molecule has 0 radical (unpaired) electrons. The monoisotopic (exact) mass is 233 g/mol. The highest BCUT2D eigenvalue weighted by molar-refractivity contribution is 5.77. The van der Waals surface area contributed by atoms with Crippen LogP contribution in [0.4, 0.5) is 4.39 Å². The number of rotatable bonds is 0. The Morgan fingerprint density at radius 1 is 1.29 bits per heavy atom. The van der Waals surface area contributed by atoms with Gasteiger partial charge in [0.25, 0.3) is 0 Å². The maximum Gasteiger partial charge on any atom is 0.222 e. The molecule has 1 aromatic rings. The Morgan fingerprint density at radius 2 is 2.12 bits per heavy atom. The first-order chi connectivity index (χ1) is 8.16. The predicted octanol–water partition coefficient (Wildman–Crippen LogP) is 2.48. The summed E-state index contributed by atoms with van der Waals surface area (Å²) in [7, 11) is 1.90. The molecule has 3 rings (SSSR count). The SMILES string of the molecule is CN1C(=O)CCC2c3ccc(F)cc3CCC21. The van der Waals surface area contributed by atoms with E-state index in [1.165, 1.54) is 11.6 Å². The van der Waals surface area contributed by atoms with E-state index in [4.69, 9.17) is 0 Å². The van der Waals surface area contributed by atoms with Gasteiger partial charge < -0.3 is 4.90 Å². The molecule has 2 unspecified atom stereocenters. The fraction of sp³-hybridized carbons (Fsp3) is 0.500. The van der Waals surface area contributed by atoms with Gasteiger partial charge in [-0.15, -0.1) is 0 Å². The van der Waals surface area contributed by atoms with Crippen LogP contribution in [-0.2, 0) is 11.2 Å². The van der Waals surface area contributed by atoms with Crippen LogP contribution in [0, 0.1) is 5.82 Å². The van der Waals surface area contributed by atoms with Crippen molar-refractivity contribution in [1.29, 1.82) is 0 Å². The largest absolute Gasteiger partial charge is 0.342 e. The van der Waals surface area contributed by atoms with E-state index in [9.17, 15) is 9.18 Å². The second-order valence-electron chi connectivity index (χ2n) is 5.10. The molecule has 2 nitrogen and oxygen atoms in total. The second-order valence-corrected chi connectivity index (χ2v) is 5.10. The summed E-state index contributed by atoms with van der Waals surface area (Å²) >= 11 is 0. The van der Waals surface area contributed by atoms with Crippen LogP contribution in [0.15, 0.2) is 18.2 Å². The van der Waals surface area contributed by atoms with Crippen LogP contribution in [-0.4, -0.2) is 23.9 Å². The van der Waals surface area contributed by atoms with E-state index < -0.39 is 0 Å². The summed E-state index contributed by atoms with van der Waals surface area (Å²) < 4.78 is 13.2. The fourth-order valence-electron chi connectivity index (χ4n) is 3.32. The Bertz CT molecular complexity index is 471. The van der Waals surface area contributed by atoms with Crippen molar-refractivity contribution in [2.45, 2.75) is 37.6 Å². The highest BCUT2D eigenvalue weighted by Crippen LogP contribution is 2.40. The minimum absolute atomic E-state index is 0.151. The number of likely N-dealkylation sites (N-methyl/N-ethyl adjacent to an activating group) is 1. The summed E-state index contributed by atoms with van der Waals surface area (Å²) in [6.45, 7) is 0. The second kappa shape index (κ2) is 3.83. The van der Waals surface area contributed by atoms with Crippen molar-refractivity contribution < 1.29 is 9.18 Å². The summed E-state index contributed by atoms with van der Waals surface area (Å²) in [6, 6.07) is 5.42. The molecule has 1 aliphatic heterocycles. The van der Waals surface area contributed by atoms with E-state index in [1.807, 2.05) is 18.0 Å². The fourth-order valence-corrected chi connectivity index (χ4v) is 3.32. The summed E-state index contributed by atoms with van der Waals surface area (Å²) in [4.78, 5) is 13.6. The highest BCUT2D eigenvalue weighted by Gasteiger charge is 2.37. The van der Waals surface area contributed by atoms with Crippen LogP contribution < -0.4 is 0 Å². The molecule has 0 aromatic heterocycles. The zero-order valence-corrected chi connectivity index (χ0v) is 9.95. The number of fused-ring (bicyclic) bond motifs is 3. The van der Waals surface area contributed by atoms with Crippen molar-refractivity contribution in [2.24, 2.45) is 0 Å². The molecule has 1 fully saturated rings.